The van der Waals surface area contributed by atoms with Gasteiger partial charge in [0.1, 0.15) is 17.7 Å². The summed E-state index contributed by atoms with van der Waals surface area (Å²) in [4.78, 5) is 14.8. The van der Waals surface area contributed by atoms with Crippen LogP contribution < -0.4 is 5.73 Å². The van der Waals surface area contributed by atoms with E-state index in [2.05, 4.69) is 15.5 Å². The molecule has 8 heteroatoms. The largest absolute Gasteiger partial charge is 0.340 e. The molecule has 1 fully saturated rings. The molecule has 1 saturated heterocycles. The lowest BCUT2D eigenvalue weighted by Gasteiger charge is -2.24. The Kier molecular flexibility index (Phi) is 4.84. The van der Waals surface area contributed by atoms with Gasteiger partial charge in [0.15, 0.2) is 0 Å². The highest BCUT2D eigenvalue weighted by atomic mass is 19.1. The van der Waals surface area contributed by atoms with Crippen molar-refractivity contribution in [2.24, 2.45) is 11.7 Å². The molecular weight excluding hydrogens is 311 g/mol. The van der Waals surface area contributed by atoms with Gasteiger partial charge in [0, 0.05) is 19.5 Å². The fourth-order valence-electron chi connectivity index (χ4n) is 3.13. The van der Waals surface area contributed by atoms with Crippen LogP contribution in [0.25, 0.3) is 0 Å². The van der Waals surface area contributed by atoms with E-state index in [1.165, 1.54) is 16.8 Å². The molecule has 0 spiro atoms. The van der Waals surface area contributed by atoms with Gasteiger partial charge in [-0.1, -0.05) is 12.1 Å². The first-order valence-electron chi connectivity index (χ1n) is 8.06. The lowest BCUT2D eigenvalue weighted by molar-refractivity contribution is -0.134. The van der Waals surface area contributed by atoms with E-state index >= 15 is 0 Å². The van der Waals surface area contributed by atoms with E-state index in [1.807, 2.05) is 4.90 Å². The number of aromatic nitrogens is 4. The Balaban J connectivity index is 1.85. The Morgan fingerprint density at radius 2 is 2.33 bits per heavy atom. The predicted molar refractivity (Wildman–Crippen MR) is 85.4 cm³/mol. The molecule has 24 heavy (non-hydrogen) atoms. The van der Waals surface area contributed by atoms with Crippen LogP contribution in [-0.2, 0) is 11.2 Å². The van der Waals surface area contributed by atoms with Gasteiger partial charge in [0.05, 0.1) is 0 Å². The second-order valence-electron chi connectivity index (χ2n) is 6.20. The highest BCUT2D eigenvalue weighted by Gasteiger charge is 2.33. The van der Waals surface area contributed by atoms with Gasteiger partial charge >= 0.3 is 0 Å². The van der Waals surface area contributed by atoms with Crippen LogP contribution in [-0.4, -0.2) is 50.6 Å². The van der Waals surface area contributed by atoms with Crippen molar-refractivity contribution < 1.29 is 9.18 Å². The first-order valence-corrected chi connectivity index (χ1v) is 8.06. The zero-order valence-corrected chi connectivity index (χ0v) is 13.6. The number of halogens is 1. The molecule has 0 radical (unpaired) electrons. The number of aryl methyl sites for hydroxylation is 1. The summed E-state index contributed by atoms with van der Waals surface area (Å²) in [6.07, 6.45) is 1.25. The molecule has 2 heterocycles. The number of amides is 1. The third-order valence-corrected chi connectivity index (χ3v) is 4.49. The number of carbonyl (C=O) groups is 1. The van der Waals surface area contributed by atoms with E-state index < -0.39 is 6.04 Å². The smallest absolute Gasteiger partial charge is 0.247 e. The van der Waals surface area contributed by atoms with Crippen LogP contribution in [0, 0.1) is 18.7 Å². The van der Waals surface area contributed by atoms with Crippen molar-refractivity contribution in [1.29, 1.82) is 0 Å². The molecule has 1 aromatic carbocycles. The van der Waals surface area contributed by atoms with Crippen LogP contribution in [0.4, 0.5) is 4.39 Å². The monoisotopic (exact) mass is 332 g/mol. The van der Waals surface area contributed by atoms with Crippen molar-refractivity contribution in [2.45, 2.75) is 25.8 Å². The molecule has 0 saturated carbocycles. The van der Waals surface area contributed by atoms with Crippen molar-refractivity contribution >= 4 is 5.91 Å². The number of tetrazole rings is 1. The zero-order chi connectivity index (χ0) is 17.1. The van der Waals surface area contributed by atoms with Gasteiger partial charge in [-0.25, -0.2) is 9.07 Å². The fourth-order valence-corrected chi connectivity index (χ4v) is 3.13. The van der Waals surface area contributed by atoms with Gasteiger partial charge in [0.25, 0.3) is 0 Å². The van der Waals surface area contributed by atoms with Gasteiger partial charge in [0.2, 0.25) is 5.91 Å². The minimum atomic E-state index is -0.585. The molecule has 1 aromatic heterocycles. The topological polar surface area (TPSA) is 89.9 Å². The van der Waals surface area contributed by atoms with Gasteiger partial charge in [-0.05, 0) is 53.9 Å². The molecule has 3 rings (SSSR count). The molecule has 2 atom stereocenters. The lowest BCUT2D eigenvalue weighted by atomic mass is 10.0. The molecule has 0 bridgehead atoms. The molecule has 2 aromatic rings. The second-order valence-corrected chi connectivity index (χ2v) is 6.20. The number of nitrogens with zero attached hydrogens (tertiary/aromatic N) is 5. The Bertz CT molecular complexity index is 718. The maximum absolute atomic E-state index is 13.5. The standard InChI is InChI=1S/C16H21FN6O/c1-11-19-20-21-23(11)15(8-12-3-2-4-14(17)7-12)16(24)22-6-5-13(9-18)10-22/h2-4,7,13,15H,5-6,8-10,18H2,1H3. The molecule has 128 valence electrons. The molecule has 1 aliphatic heterocycles. The SMILES string of the molecule is Cc1nnnn1C(Cc1cccc(F)c1)C(=O)N1CCC(CN)C1. The summed E-state index contributed by atoms with van der Waals surface area (Å²) >= 11 is 0. The summed E-state index contributed by atoms with van der Waals surface area (Å²) in [6.45, 7) is 3.65. The average Bonchev–Trinajstić information content (AvgIpc) is 3.21. The predicted octanol–water partition coefficient (Wildman–Crippen LogP) is 0.712. The Morgan fingerprint density at radius 3 is 2.96 bits per heavy atom. The van der Waals surface area contributed by atoms with Crippen LogP contribution in [0.1, 0.15) is 23.9 Å². The maximum Gasteiger partial charge on any atom is 0.247 e. The van der Waals surface area contributed by atoms with Crippen molar-refractivity contribution in [3.05, 3.63) is 41.5 Å². The minimum Gasteiger partial charge on any atom is -0.340 e. The van der Waals surface area contributed by atoms with Gasteiger partial charge in [-0.15, -0.1) is 5.10 Å². The average molecular weight is 332 g/mol. The summed E-state index contributed by atoms with van der Waals surface area (Å²) in [7, 11) is 0. The Labute approximate surface area is 139 Å². The highest BCUT2D eigenvalue weighted by molar-refractivity contribution is 5.81. The third-order valence-electron chi connectivity index (χ3n) is 4.49. The van der Waals surface area contributed by atoms with Crippen molar-refractivity contribution in [1.82, 2.24) is 25.1 Å². The van der Waals surface area contributed by atoms with Gasteiger partial charge < -0.3 is 10.6 Å². The molecule has 1 aliphatic rings. The van der Waals surface area contributed by atoms with Gasteiger partial charge in [-0.3, -0.25) is 4.79 Å². The van der Waals surface area contributed by atoms with E-state index in [4.69, 9.17) is 5.73 Å². The van der Waals surface area contributed by atoms with Crippen LogP contribution >= 0.6 is 0 Å². The molecule has 2 unspecified atom stereocenters. The quantitative estimate of drug-likeness (QED) is 0.871. The van der Waals surface area contributed by atoms with Crippen molar-refractivity contribution in [2.75, 3.05) is 19.6 Å². The van der Waals surface area contributed by atoms with E-state index in [-0.39, 0.29) is 11.7 Å². The number of benzene rings is 1. The van der Waals surface area contributed by atoms with Crippen LogP contribution in [0.3, 0.4) is 0 Å². The molecular formula is C16H21FN6O. The number of hydrogen-bond donors (Lipinski definition) is 1. The molecule has 1 amide bonds. The first kappa shape index (κ1) is 16.5. The van der Waals surface area contributed by atoms with E-state index in [1.54, 1.807) is 19.1 Å². The molecule has 7 nitrogen and oxygen atoms in total. The van der Waals surface area contributed by atoms with Crippen LogP contribution in [0.15, 0.2) is 24.3 Å². The van der Waals surface area contributed by atoms with E-state index in [9.17, 15) is 9.18 Å². The summed E-state index contributed by atoms with van der Waals surface area (Å²) in [6, 6.07) is 5.68. The second kappa shape index (κ2) is 7.04. The van der Waals surface area contributed by atoms with Crippen molar-refractivity contribution in [3.63, 3.8) is 0 Å². The third kappa shape index (κ3) is 3.43. The number of hydrogen-bond acceptors (Lipinski definition) is 5. The Hall–Kier alpha value is -2.35. The minimum absolute atomic E-state index is 0.0504. The molecule has 2 N–H and O–H groups in total. The van der Waals surface area contributed by atoms with Gasteiger partial charge in [-0.2, -0.15) is 0 Å². The highest BCUT2D eigenvalue weighted by Crippen LogP contribution is 2.23. The lowest BCUT2D eigenvalue weighted by Crippen LogP contribution is -2.38. The summed E-state index contributed by atoms with van der Waals surface area (Å²) < 4.78 is 15.0. The van der Waals surface area contributed by atoms with Crippen LogP contribution in [0.5, 0.6) is 0 Å². The number of likely N-dealkylation sites (tertiary alicyclic amines) is 1. The van der Waals surface area contributed by atoms with E-state index in [0.717, 1.165) is 12.0 Å². The summed E-state index contributed by atoms with van der Waals surface area (Å²) in [5.74, 6) is 0.514. The number of nitrogens with two attached hydrogens (primary N) is 1. The van der Waals surface area contributed by atoms with Crippen molar-refractivity contribution in [3.8, 4) is 0 Å². The fraction of sp³-hybridized carbons (Fsp3) is 0.500. The Morgan fingerprint density at radius 1 is 1.50 bits per heavy atom. The zero-order valence-electron chi connectivity index (χ0n) is 13.6. The number of rotatable bonds is 5. The summed E-state index contributed by atoms with van der Waals surface area (Å²) in [5.41, 5.74) is 6.45. The molecule has 0 aliphatic carbocycles. The summed E-state index contributed by atoms with van der Waals surface area (Å²) in [5, 5.41) is 11.5. The normalized spacial score (nSPS) is 18.8. The first-order chi connectivity index (χ1) is 11.6. The van der Waals surface area contributed by atoms with Crippen LogP contribution in [0.2, 0.25) is 0 Å². The number of carbonyl (C=O) groups excluding carboxylic acids is 1. The maximum atomic E-state index is 13.5. The van der Waals surface area contributed by atoms with E-state index in [0.29, 0.717) is 37.8 Å².